The Kier molecular flexibility index (Phi) is 5.15. The first-order chi connectivity index (χ1) is 7.98. The van der Waals surface area contributed by atoms with Crippen LogP contribution in [0.15, 0.2) is 30.3 Å². The van der Waals surface area contributed by atoms with Gasteiger partial charge < -0.3 is 0 Å². The van der Waals surface area contributed by atoms with Crippen LogP contribution in [-0.2, 0) is 16.6 Å². The van der Waals surface area contributed by atoms with Gasteiger partial charge in [-0.25, -0.2) is 8.42 Å². The molecular weight excluding hydrogens is 234 g/mol. The fraction of sp³-hybridized carbons (Fsp3) is 0.538. The van der Waals surface area contributed by atoms with E-state index in [2.05, 4.69) is 0 Å². The van der Waals surface area contributed by atoms with Crippen LogP contribution in [0.1, 0.15) is 32.8 Å². The third-order valence-electron chi connectivity index (χ3n) is 2.63. The van der Waals surface area contributed by atoms with E-state index in [4.69, 9.17) is 0 Å². The summed E-state index contributed by atoms with van der Waals surface area (Å²) in [5, 5.41) is -0.363. The Hall–Kier alpha value is -0.870. The van der Waals surface area contributed by atoms with Crippen molar-refractivity contribution in [2.75, 3.05) is 6.54 Å². The van der Waals surface area contributed by atoms with Crippen LogP contribution in [0.3, 0.4) is 0 Å². The van der Waals surface area contributed by atoms with Crippen LogP contribution in [0.25, 0.3) is 0 Å². The van der Waals surface area contributed by atoms with Gasteiger partial charge in [0.05, 0.1) is 5.25 Å². The summed E-state index contributed by atoms with van der Waals surface area (Å²) in [6.07, 6.45) is 0.832. The van der Waals surface area contributed by atoms with E-state index in [1.165, 1.54) is 0 Å². The van der Waals surface area contributed by atoms with E-state index in [1.54, 1.807) is 18.2 Å². The second-order valence-electron chi connectivity index (χ2n) is 4.41. The van der Waals surface area contributed by atoms with Crippen LogP contribution in [-0.4, -0.2) is 24.5 Å². The van der Waals surface area contributed by atoms with E-state index in [0.29, 0.717) is 13.1 Å². The highest BCUT2D eigenvalue weighted by Crippen LogP contribution is 2.14. The molecule has 0 amide bonds. The topological polar surface area (TPSA) is 37.4 Å². The average molecular weight is 255 g/mol. The Labute approximate surface area is 105 Å². The quantitative estimate of drug-likeness (QED) is 0.783. The zero-order chi connectivity index (χ0) is 12.9. The van der Waals surface area contributed by atoms with Gasteiger partial charge in [-0.2, -0.15) is 4.31 Å². The fourth-order valence-electron chi connectivity index (χ4n) is 1.63. The Morgan fingerprint density at radius 2 is 1.76 bits per heavy atom. The number of hydrogen-bond donors (Lipinski definition) is 0. The second kappa shape index (κ2) is 6.17. The van der Waals surface area contributed by atoms with Gasteiger partial charge in [0.2, 0.25) is 10.0 Å². The van der Waals surface area contributed by atoms with Crippen LogP contribution < -0.4 is 0 Å². The number of nitrogens with zero attached hydrogens (tertiary/aromatic N) is 1. The molecule has 0 saturated heterocycles. The molecule has 0 spiro atoms. The van der Waals surface area contributed by atoms with Gasteiger partial charge in [-0.1, -0.05) is 37.3 Å². The highest BCUT2D eigenvalue weighted by Gasteiger charge is 2.24. The fourth-order valence-corrected chi connectivity index (χ4v) is 2.99. The highest BCUT2D eigenvalue weighted by molar-refractivity contribution is 7.89. The largest absolute Gasteiger partial charge is 0.216 e. The predicted octanol–water partition coefficient (Wildman–Crippen LogP) is 2.64. The number of hydrogen-bond acceptors (Lipinski definition) is 2. The molecule has 0 fully saturated rings. The van der Waals surface area contributed by atoms with E-state index in [0.717, 1.165) is 12.0 Å². The van der Waals surface area contributed by atoms with Gasteiger partial charge in [-0.3, -0.25) is 0 Å². The van der Waals surface area contributed by atoms with Gasteiger partial charge in [0.25, 0.3) is 0 Å². The molecule has 96 valence electrons. The maximum Gasteiger partial charge on any atom is 0.216 e. The van der Waals surface area contributed by atoms with Crippen LogP contribution >= 0.6 is 0 Å². The standard InChI is InChI=1S/C13H21NO2S/c1-4-10-14(17(15,16)12(2)3)11-13-8-6-5-7-9-13/h5-9,12H,4,10-11H2,1-3H3. The predicted molar refractivity (Wildman–Crippen MR) is 71.2 cm³/mol. The van der Waals surface area contributed by atoms with Crippen molar-refractivity contribution in [3.63, 3.8) is 0 Å². The molecule has 0 aliphatic carbocycles. The molecule has 0 N–H and O–H groups in total. The van der Waals surface area contributed by atoms with Crippen molar-refractivity contribution >= 4 is 10.0 Å². The zero-order valence-corrected chi connectivity index (χ0v) is 11.6. The lowest BCUT2D eigenvalue weighted by atomic mass is 10.2. The van der Waals surface area contributed by atoms with Crippen LogP contribution in [0.5, 0.6) is 0 Å². The van der Waals surface area contributed by atoms with E-state index in [1.807, 2.05) is 37.3 Å². The number of benzene rings is 1. The summed E-state index contributed by atoms with van der Waals surface area (Å²) in [6.45, 7) is 6.49. The smallest absolute Gasteiger partial charge is 0.212 e. The molecule has 1 rings (SSSR count). The first kappa shape index (κ1) is 14.2. The van der Waals surface area contributed by atoms with E-state index >= 15 is 0 Å². The Balaban J connectivity index is 2.88. The Morgan fingerprint density at radius 3 is 2.24 bits per heavy atom. The molecule has 17 heavy (non-hydrogen) atoms. The summed E-state index contributed by atoms with van der Waals surface area (Å²) in [5.41, 5.74) is 1.03. The highest BCUT2D eigenvalue weighted by atomic mass is 32.2. The average Bonchev–Trinajstić information content (AvgIpc) is 2.29. The maximum absolute atomic E-state index is 12.2. The summed E-state index contributed by atoms with van der Waals surface area (Å²) in [4.78, 5) is 0. The molecular formula is C13H21NO2S. The number of sulfonamides is 1. The van der Waals surface area contributed by atoms with Crippen molar-refractivity contribution in [1.82, 2.24) is 4.31 Å². The molecule has 0 heterocycles. The zero-order valence-electron chi connectivity index (χ0n) is 10.8. The van der Waals surface area contributed by atoms with Gasteiger partial charge in [-0.15, -0.1) is 0 Å². The summed E-state index contributed by atoms with van der Waals surface area (Å²) in [6, 6.07) is 9.71. The van der Waals surface area contributed by atoms with Crippen LogP contribution in [0.2, 0.25) is 0 Å². The maximum atomic E-state index is 12.2. The van der Waals surface area contributed by atoms with Crippen molar-refractivity contribution < 1.29 is 8.42 Å². The van der Waals surface area contributed by atoms with Crippen molar-refractivity contribution in [3.05, 3.63) is 35.9 Å². The van der Waals surface area contributed by atoms with Gasteiger partial charge in [0, 0.05) is 13.1 Å². The Morgan fingerprint density at radius 1 is 1.18 bits per heavy atom. The lowest BCUT2D eigenvalue weighted by molar-refractivity contribution is 0.401. The molecule has 3 nitrogen and oxygen atoms in total. The van der Waals surface area contributed by atoms with Crippen LogP contribution in [0.4, 0.5) is 0 Å². The molecule has 0 aromatic heterocycles. The molecule has 1 aromatic rings. The monoisotopic (exact) mass is 255 g/mol. The normalized spacial score (nSPS) is 12.3. The SMILES string of the molecule is CCCN(Cc1ccccc1)S(=O)(=O)C(C)C. The minimum Gasteiger partial charge on any atom is -0.212 e. The molecule has 0 atom stereocenters. The summed E-state index contributed by atoms with van der Waals surface area (Å²) in [7, 11) is -3.17. The summed E-state index contributed by atoms with van der Waals surface area (Å²) in [5.74, 6) is 0. The number of rotatable bonds is 6. The lowest BCUT2D eigenvalue weighted by Crippen LogP contribution is -2.36. The van der Waals surface area contributed by atoms with E-state index in [-0.39, 0.29) is 5.25 Å². The summed E-state index contributed by atoms with van der Waals surface area (Å²) < 4.78 is 25.9. The lowest BCUT2D eigenvalue weighted by Gasteiger charge is -2.23. The molecule has 0 aliphatic heterocycles. The molecule has 1 aromatic carbocycles. The minimum atomic E-state index is -3.17. The van der Waals surface area contributed by atoms with Gasteiger partial charge in [0.1, 0.15) is 0 Å². The molecule has 0 aliphatic rings. The third kappa shape index (κ3) is 3.82. The van der Waals surface area contributed by atoms with Crippen molar-refractivity contribution in [2.45, 2.75) is 39.0 Å². The minimum absolute atomic E-state index is 0.363. The Bertz CT molecular complexity index is 426. The van der Waals surface area contributed by atoms with Crippen molar-refractivity contribution in [2.24, 2.45) is 0 Å². The second-order valence-corrected chi connectivity index (χ2v) is 6.90. The molecule has 0 saturated carbocycles. The van der Waals surface area contributed by atoms with Crippen molar-refractivity contribution in [1.29, 1.82) is 0 Å². The summed E-state index contributed by atoms with van der Waals surface area (Å²) >= 11 is 0. The first-order valence-electron chi connectivity index (χ1n) is 6.01. The van der Waals surface area contributed by atoms with Crippen LogP contribution in [0, 0.1) is 0 Å². The van der Waals surface area contributed by atoms with Gasteiger partial charge >= 0.3 is 0 Å². The van der Waals surface area contributed by atoms with Gasteiger partial charge in [-0.05, 0) is 25.8 Å². The molecule has 0 bridgehead atoms. The van der Waals surface area contributed by atoms with E-state index < -0.39 is 10.0 Å². The molecule has 4 heteroatoms. The van der Waals surface area contributed by atoms with Crippen molar-refractivity contribution in [3.8, 4) is 0 Å². The third-order valence-corrected chi connectivity index (χ3v) is 4.85. The van der Waals surface area contributed by atoms with Gasteiger partial charge in [0.15, 0.2) is 0 Å². The molecule has 0 unspecified atom stereocenters. The first-order valence-corrected chi connectivity index (χ1v) is 7.51. The molecule has 0 radical (unpaired) electrons. The van der Waals surface area contributed by atoms with E-state index in [9.17, 15) is 8.42 Å².